The number of hydrogen-bond acceptors (Lipinski definition) is 7. The molecular formula is C30H44N4O6. The van der Waals surface area contributed by atoms with E-state index in [0.29, 0.717) is 71.5 Å². The zero-order chi connectivity index (χ0) is 28.2. The molecule has 40 heavy (non-hydrogen) atoms. The average molecular weight is 557 g/mol. The summed E-state index contributed by atoms with van der Waals surface area (Å²) in [6, 6.07) is 8.94. The molecule has 1 aromatic carbocycles. The molecule has 5 rings (SSSR count). The van der Waals surface area contributed by atoms with Gasteiger partial charge in [-0.25, -0.2) is 0 Å². The Morgan fingerprint density at radius 1 is 1.02 bits per heavy atom. The lowest BCUT2D eigenvalue weighted by molar-refractivity contribution is -0.147. The second-order valence-electron chi connectivity index (χ2n) is 11.6. The Bertz CT molecular complexity index is 1050. The van der Waals surface area contributed by atoms with Gasteiger partial charge < -0.3 is 30.1 Å². The molecule has 0 aromatic heterocycles. The number of carbonyl (C=O) groups is 3. The number of likely N-dealkylation sites (tertiary alicyclic amines) is 1. The zero-order valence-electron chi connectivity index (χ0n) is 23.6. The molecule has 4 aliphatic heterocycles. The summed E-state index contributed by atoms with van der Waals surface area (Å²) in [7, 11) is 0. The number of morpholine rings is 1. The highest BCUT2D eigenvalue weighted by Crippen LogP contribution is 2.64. The van der Waals surface area contributed by atoms with Crippen LogP contribution in [0.25, 0.3) is 0 Å². The van der Waals surface area contributed by atoms with E-state index in [1.165, 1.54) is 0 Å². The van der Waals surface area contributed by atoms with Crippen LogP contribution >= 0.6 is 0 Å². The second kappa shape index (κ2) is 12.5. The molecule has 1 spiro atoms. The summed E-state index contributed by atoms with van der Waals surface area (Å²) in [5, 5.41) is 15.4. The average Bonchev–Trinajstić information content (AvgIpc) is 3.58. The van der Waals surface area contributed by atoms with Crippen molar-refractivity contribution in [2.45, 2.75) is 69.2 Å². The van der Waals surface area contributed by atoms with Gasteiger partial charge in [-0.2, -0.15) is 0 Å². The van der Waals surface area contributed by atoms with Gasteiger partial charge in [0, 0.05) is 45.9 Å². The van der Waals surface area contributed by atoms with Crippen molar-refractivity contribution in [2.24, 2.45) is 11.8 Å². The smallest absolute Gasteiger partial charge is 0.245 e. The molecule has 3 N–H and O–H groups in total. The molecule has 3 amide bonds. The van der Waals surface area contributed by atoms with Crippen molar-refractivity contribution < 1.29 is 29.0 Å². The highest BCUT2D eigenvalue weighted by atomic mass is 16.5. The number of ether oxygens (including phenoxy) is 2. The molecule has 0 radical (unpaired) electrons. The number of hydrogen-bond donors (Lipinski definition) is 3. The van der Waals surface area contributed by atoms with Crippen LogP contribution in [0.4, 0.5) is 0 Å². The maximum atomic E-state index is 14.1. The van der Waals surface area contributed by atoms with Crippen LogP contribution in [0.15, 0.2) is 30.3 Å². The lowest BCUT2D eigenvalue weighted by Crippen LogP contribution is -2.56. The van der Waals surface area contributed by atoms with Crippen LogP contribution in [0.2, 0.25) is 0 Å². The van der Waals surface area contributed by atoms with Gasteiger partial charge in [-0.15, -0.1) is 0 Å². The van der Waals surface area contributed by atoms with Gasteiger partial charge in [-0.1, -0.05) is 37.3 Å². The van der Waals surface area contributed by atoms with E-state index in [2.05, 4.69) is 15.5 Å². The van der Waals surface area contributed by atoms with Gasteiger partial charge in [0.2, 0.25) is 17.7 Å². The molecule has 220 valence electrons. The molecule has 0 aliphatic carbocycles. The number of carbonyl (C=O) groups excluding carboxylic acids is 3. The Labute approximate surface area is 236 Å². The molecule has 4 aliphatic rings. The molecule has 4 fully saturated rings. The van der Waals surface area contributed by atoms with Crippen molar-refractivity contribution in [1.82, 2.24) is 20.4 Å². The quantitative estimate of drug-likeness (QED) is 0.311. The van der Waals surface area contributed by atoms with Crippen LogP contribution in [0.5, 0.6) is 0 Å². The number of amides is 3. The summed E-state index contributed by atoms with van der Waals surface area (Å²) in [5.74, 6) is -1.88. The number of aliphatic hydroxyl groups excluding tert-OH is 1. The minimum Gasteiger partial charge on any atom is -0.396 e. The number of nitrogens with zero attached hydrogens (tertiary/aromatic N) is 2. The number of benzene rings is 1. The van der Waals surface area contributed by atoms with Crippen molar-refractivity contribution >= 4 is 17.7 Å². The molecule has 1 aromatic rings. The summed E-state index contributed by atoms with van der Waals surface area (Å²) in [6.45, 7) is 7.13. The van der Waals surface area contributed by atoms with E-state index < -0.39 is 29.1 Å². The molecule has 5 atom stereocenters. The van der Waals surface area contributed by atoms with E-state index in [1.807, 2.05) is 37.3 Å². The second-order valence-corrected chi connectivity index (χ2v) is 11.6. The predicted octanol–water partition coefficient (Wildman–Crippen LogP) is 1.07. The zero-order valence-corrected chi connectivity index (χ0v) is 23.6. The number of rotatable bonds is 13. The molecule has 10 nitrogen and oxygen atoms in total. The van der Waals surface area contributed by atoms with E-state index in [-0.39, 0.29) is 24.3 Å². The highest BCUT2D eigenvalue weighted by molar-refractivity contribution is 5.99. The maximum Gasteiger partial charge on any atom is 0.245 e. The fraction of sp³-hybridized carbons (Fsp3) is 0.700. The van der Waals surface area contributed by atoms with Crippen LogP contribution in [-0.2, 0) is 30.4 Å². The first-order valence-corrected chi connectivity index (χ1v) is 15.0. The Balaban J connectivity index is 1.36. The molecule has 10 heteroatoms. The first-order valence-electron chi connectivity index (χ1n) is 15.0. The van der Waals surface area contributed by atoms with E-state index in [4.69, 9.17) is 9.47 Å². The topological polar surface area (TPSA) is 120 Å². The molecule has 4 heterocycles. The van der Waals surface area contributed by atoms with Crippen LogP contribution in [0.3, 0.4) is 0 Å². The van der Waals surface area contributed by atoms with Gasteiger partial charge in [0.1, 0.15) is 11.6 Å². The van der Waals surface area contributed by atoms with Crippen LogP contribution < -0.4 is 10.6 Å². The third-order valence-electron chi connectivity index (χ3n) is 9.41. The van der Waals surface area contributed by atoms with Crippen molar-refractivity contribution in [1.29, 1.82) is 0 Å². The van der Waals surface area contributed by atoms with Gasteiger partial charge in [-0.05, 0) is 44.1 Å². The van der Waals surface area contributed by atoms with E-state index in [0.717, 1.165) is 25.1 Å². The highest BCUT2D eigenvalue weighted by Gasteiger charge is 2.78. The van der Waals surface area contributed by atoms with Crippen molar-refractivity contribution in [3.05, 3.63) is 35.9 Å². The Hall–Kier alpha value is -2.53. The fourth-order valence-electron chi connectivity index (χ4n) is 7.38. The standard InChI is InChI=1S/C30H44N4O6/c1-2-29-11-12-30(40-29)24(23(29)26(36)32-21-22-9-5-3-6-10-22)28(38)34(14-7-4-8-18-35)25(30)27(37)31-13-15-33-16-19-39-20-17-33/h3,5-6,9-10,23-25,35H,2,4,7-8,11-21H2,1H3,(H,31,37)(H,32,36)/t23-,24-,25?,29+,30?/m0/s1. The predicted molar refractivity (Wildman–Crippen MR) is 148 cm³/mol. The van der Waals surface area contributed by atoms with Crippen molar-refractivity contribution in [2.75, 3.05) is 52.5 Å². The molecular weight excluding hydrogens is 512 g/mol. The van der Waals surface area contributed by atoms with Crippen LogP contribution in [-0.4, -0.2) is 102 Å². The van der Waals surface area contributed by atoms with E-state index in [9.17, 15) is 19.5 Å². The summed E-state index contributed by atoms with van der Waals surface area (Å²) in [6.07, 6.45) is 3.90. The molecule has 4 saturated heterocycles. The fourth-order valence-corrected chi connectivity index (χ4v) is 7.38. The third-order valence-corrected chi connectivity index (χ3v) is 9.41. The van der Waals surface area contributed by atoms with Crippen LogP contribution in [0, 0.1) is 11.8 Å². The van der Waals surface area contributed by atoms with Crippen molar-refractivity contribution in [3.63, 3.8) is 0 Å². The largest absolute Gasteiger partial charge is 0.396 e. The number of unbranched alkanes of at least 4 members (excludes halogenated alkanes) is 2. The minimum atomic E-state index is -1.01. The van der Waals surface area contributed by atoms with Gasteiger partial charge in [0.05, 0.1) is 30.7 Å². The summed E-state index contributed by atoms with van der Waals surface area (Å²) in [5.41, 5.74) is -0.779. The number of nitrogens with one attached hydrogen (secondary N) is 2. The van der Waals surface area contributed by atoms with E-state index in [1.54, 1.807) is 4.90 Å². The summed E-state index contributed by atoms with van der Waals surface area (Å²) >= 11 is 0. The Kier molecular flexibility index (Phi) is 9.09. The summed E-state index contributed by atoms with van der Waals surface area (Å²) < 4.78 is 12.2. The minimum absolute atomic E-state index is 0.0950. The molecule has 2 bridgehead atoms. The van der Waals surface area contributed by atoms with Gasteiger partial charge in [-0.3, -0.25) is 19.3 Å². The number of fused-ring (bicyclic) bond motifs is 1. The SMILES string of the molecule is CC[C@]12CCC3(O1)C(C(=O)NCCN1CCOCC1)N(CCCCCO)C(=O)[C@@H]3[C@H]2C(=O)NCc1ccccc1. The van der Waals surface area contributed by atoms with Gasteiger partial charge in [0.25, 0.3) is 0 Å². The first-order chi connectivity index (χ1) is 19.5. The maximum absolute atomic E-state index is 14.1. The third kappa shape index (κ3) is 5.38. The molecule has 0 saturated carbocycles. The van der Waals surface area contributed by atoms with E-state index >= 15 is 0 Å². The van der Waals surface area contributed by atoms with Crippen LogP contribution in [0.1, 0.15) is 51.0 Å². The Morgan fingerprint density at radius 3 is 2.52 bits per heavy atom. The lowest BCUT2D eigenvalue weighted by atomic mass is 9.65. The monoisotopic (exact) mass is 556 g/mol. The van der Waals surface area contributed by atoms with Gasteiger partial charge in [0.15, 0.2) is 0 Å². The first kappa shape index (κ1) is 29.0. The lowest BCUT2D eigenvalue weighted by Gasteiger charge is -2.34. The van der Waals surface area contributed by atoms with Gasteiger partial charge >= 0.3 is 0 Å². The Morgan fingerprint density at radius 2 is 1.80 bits per heavy atom. The molecule has 2 unspecified atom stereocenters. The number of aliphatic hydroxyl groups is 1. The van der Waals surface area contributed by atoms with Crippen molar-refractivity contribution in [3.8, 4) is 0 Å². The summed E-state index contributed by atoms with van der Waals surface area (Å²) in [4.78, 5) is 45.7. The normalized spacial score (nSPS) is 31.4.